The molecule has 148 valence electrons. The first kappa shape index (κ1) is 20.1. The first-order chi connectivity index (χ1) is 13.9. The summed E-state index contributed by atoms with van der Waals surface area (Å²) in [5.74, 6) is 0.860. The number of rotatable bonds is 6. The highest BCUT2D eigenvalue weighted by atomic mass is 16.5. The topological polar surface area (TPSA) is 80.3 Å². The number of aryl methyl sites for hydroxylation is 2. The predicted octanol–water partition coefficient (Wildman–Crippen LogP) is 4.38. The monoisotopic (exact) mass is 389 g/mol. The summed E-state index contributed by atoms with van der Waals surface area (Å²) in [5, 5.41) is 5.51. The standard InChI is InChI=1S/C23H23N3O3/c1-15-7-8-16(2)21(11-15)29-22-10-9-18(13-24-22)14-25-23(28)19-5-4-6-20(12-19)26-17(3)27/h4-13H,14H2,1-3H3,(H,25,28)(H,26,27). The Labute approximate surface area is 169 Å². The van der Waals surface area contributed by atoms with Gasteiger partial charge in [-0.05, 0) is 54.8 Å². The lowest BCUT2D eigenvalue weighted by atomic mass is 10.1. The average molecular weight is 389 g/mol. The molecule has 0 saturated carbocycles. The van der Waals surface area contributed by atoms with Crippen molar-refractivity contribution in [2.75, 3.05) is 5.32 Å². The molecule has 0 aliphatic carbocycles. The molecule has 0 spiro atoms. The molecule has 1 aromatic heterocycles. The molecule has 6 heteroatoms. The number of hydrogen-bond acceptors (Lipinski definition) is 4. The van der Waals surface area contributed by atoms with Gasteiger partial charge in [0.1, 0.15) is 5.75 Å². The van der Waals surface area contributed by atoms with Crippen molar-refractivity contribution in [2.24, 2.45) is 0 Å². The molecule has 1 heterocycles. The lowest BCUT2D eigenvalue weighted by molar-refractivity contribution is -0.114. The SMILES string of the molecule is CC(=O)Nc1cccc(C(=O)NCc2ccc(Oc3cc(C)ccc3C)nc2)c1. The fraction of sp³-hybridized carbons (Fsp3) is 0.174. The van der Waals surface area contributed by atoms with Gasteiger partial charge in [-0.1, -0.05) is 24.3 Å². The van der Waals surface area contributed by atoms with E-state index in [1.165, 1.54) is 6.92 Å². The number of hydrogen-bond donors (Lipinski definition) is 2. The lowest BCUT2D eigenvalue weighted by Crippen LogP contribution is -2.23. The number of ether oxygens (including phenoxy) is 1. The number of anilines is 1. The van der Waals surface area contributed by atoms with Gasteiger partial charge in [-0.2, -0.15) is 0 Å². The quantitative estimate of drug-likeness (QED) is 0.656. The Morgan fingerprint density at radius 3 is 2.59 bits per heavy atom. The van der Waals surface area contributed by atoms with Crippen molar-refractivity contribution in [3.05, 3.63) is 83.0 Å². The molecule has 0 atom stereocenters. The van der Waals surface area contributed by atoms with Crippen molar-refractivity contribution in [1.29, 1.82) is 0 Å². The summed E-state index contributed by atoms with van der Waals surface area (Å²) in [7, 11) is 0. The molecule has 2 aromatic carbocycles. The molecule has 0 unspecified atom stereocenters. The van der Waals surface area contributed by atoms with Crippen molar-refractivity contribution >= 4 is 17.5 Å². The minimum Gasteiger partial charge on any atom is -0.439 e. The second-order valence-corrected chi connectivity index (χ2v) is 6.82. The maximum absolute atomic E-state index is 12.4. The first-order valence-corrected chi connectivity index (χ1v) is 9.26. The third kappa shape index (κ3) is 5.65. The molecule has 0 aliphatic heterocycles. The molecule has 29 heavy (non-hydrogen) atoms. The van der Waals surface area contributed by atoms with Gasteiger partial charge in [0.15, 0.2) is 0 Å². The fourth-order valence-corrected chi connectivity index (χ4v) is 2.73. The van der Waals surface area contributed by atoms with Gasteiger partial charge in [0.05, 0.1) is 0 Å². The van der Waals surface area contributed by atoms with Gasteiger partial charge in [0.2, 0.25) is 11.8 Å². The fourth-order valence-electron chi connectivity index (χ4n) is 2.73. The van der Waals surface area contributed by atoms with E-state index in [4.69, 9.17) is 4.74 Å². The molecule has 0 radical (unpaired) electrons. The molecule has 2 amide bonds. The van der Waals surface area contributed by atoms with E-state index in [0.29, 0.717) is 23.7 Å². The second-order valence-electron chi connectivity index (χ2n) is 6.82. The van der Waals surface area contributed by atoms with Crippen molar-refractivity contribution in [3.8, 4) is 11.6 Å². The van der Waals surface area contributed by atoms with Gasteiger partial charge in [-0.15, -0.1) is 0 Å². The van der Waals surface area contributed by atoms with Crippen molar-refractivity contribution in [2.45, 2.75) is 27.3 Å². The van der Waals surface area contributed by atoms with Gasteiger partial charge >= 0.3 is 0 Å². The summed E-state index contributed by atoms with van der Waals surface area (Å²) >= 11 is 0. The molecular formula is C23H23N3O3. The van der Waals surface area contributed by atoms with E-state index in [9.17, 15) is 9.59 Å². The van der Waals surface area contributed by atoms with E-state index in [0.717, 1.165) is 22.4 Å². The Morgan fingerprint density at radius 2 is 1.86 bits per heavy atom. The Bertz CT molecular complexity index is 1030. The van der Waals surface area contributed by atoms with Gasteiger partial charge in [0, 0.05) is 37.0 Å². The molecular weight excluding hydrogens is 366 g/mol. The molecule has 0 bridgehead atoms. The number of nitrogens with one attached hydrogen (secondary N) is 2. The van der Waals surface area contributed by atoms with E-state index in [1.807, 2.05) is 38.1 Å². The van der Waals surface area contributed by atoms with E-state index in [-0.39, 0.29) is 11.8 Å². The summed E-state index contributed by atoms with van der Waals surface area (Å²) in [4.78, 5) is 27.8. The van der Waals surface area contributed by atoms with E-state index in [2.05, 4.69) is 15.6 Å². The van der Waals surface area contributed by atoms with Crippen LogP contribution in [0.5, 0.6) is 11.6 Å². The van der Waals surface area contributed by atoms with Crippen LogP contribution in [0.3, 0.4) is 0 Å². The minimum absolute atomic E-state index is 0.184. The highest BCUT2D eigenvalue weighted by Gasteiger charge is 2.08. The summed E-state index contributed by atoms with van der Waals surface area (Å²) in [5.41, 5.74) is 4.06. The summed E-state index contributed by atoms with van der Waals surface area (Å²) in [6.45, 7) is 5.75. The van der Waals surface area contributed by atoms with Crippen LogP contribution in [0.4, 0.5) is 5.69 Å². The van der Waals surface area contributed by atoms with Gasteiger partial charge in [-0.3, -0.25) is 9.59 Å². The number of nitrogens with zero attached hydrogens (tertiary/aromatic N) is 1. The third-order valence-electron chi connectivity index (χ3n) is 4.25. The number of carbonyl (C=O) groups excluding carboxylic acids is 2. The Kier molecular flexibility index (Phi) is 6.24. The zero-order valence-electron chi connectivity index (χ0n) is 16.7. The number of pyridine rings is 1. The molecule has 3 rings (SSSR count). The van der Waals surface area contributed by atoms with Crippen LogP contribution in [0, 0.1) is 13.8 Å². The van der Waals surface area contributed by atoms with E-state index >= 15 is 0 Å². The lowest BCUT2D eigenvalue weighted by Gasteiger charge is -2.10. The van der Waals surface area contributed by atoms with Gasteiger partial charge in [-0.25, -0.2) is 4.98 Å². The van der Waals surface area contributed by atoms with Crippen LogP contribution < -0.4 is 15.4 Å². The minimum atomic E-state index is -0.229. The van der Waals surface area contributed by atoms with Crippen LogP contribution in [0.25, 0.3) is 0 Å². The third-order valence-corrected chi connectivity index (χ3v) is 4.25. The summed E-state index contributed by atoms with van der Waals surface area (Å²) in [6.07, 6.45) is 1.68. The van der Waals surface area contributed by atoms with Crippen LogP contribution in [-0.2, 0) is 11.3 Å². The second kappa shape index (κ2) is 9.01. The van der Waals surface area contributed by atoms with Crippen molar-refractivity contribution in [1.82, 2.24) is 10.3 Å². The Hall–Kier alpha value is -3.67. The van der Waals surface area contributed by atoms with Crippen molar-refractivity contribution < 1.29 is 14.3 Å². The zero-order chi connectivity index (χ0) is 20.8. The van der Waals surface area contributed by atoms with Crippen LogP contribution in [0.2, 0.25) is 0 Å². The van der Waals surface area contributed by atoms with Crippen LogP contribution in [-0.4, -0.2) is 16.8 Å². The summed E-state index contributed by atoms with van der Waals surface area (Å²) < 4.78 is 5.85. The Balaban J connectivity index is 1.59. The van der Waals surface area contributed by atoms with E-state index in [1.54, 1.807) is 36.5 Å². The Morgan fingerprint density at radius 1 is 1.03 bits per heavy atom. The maximum Gasteiger partial charge on any atom is 0.251 e. The number of benzene rings is 2. The zero-order valence-corrected chi connectivity index (χ0v) is 16.7. The first-order valence-electron chi connectivity index (χ1n) is 9.26. The van der Waals surface area contributed by atoms with Gasteiger partial charge < -0.3 is 15.4 Å². The van der Waals surface area contributed by atoms with Crippen molar-refractivity contribution in [3.63, 3.8) is 0 Å². The number of amides is 2. The van der Waals surface area contributed by atoms with Crippen LogP contribution >= 0.6 is 0 Å². The molecule has 3 aromatic rings. The molecule has 2 N–H and O–H groups in total. The smallest absolute Gasteiger partial charge is 0.251 e. The molecule has 6 nitrogen and oxygen atoms in total. The normalized spacial score (nSPS) is 10.3. The highest BCUT2D eigenvalue weighted by Crippen LogP contribution is 2.24. The van der Waals surface area contributed by atoms with Gasteiger partial charge in [0.25, 0.3) is 5.91 Å². The molecule has 0 fully saturated rings. The van der Waals surface area contributed by atoms with E-state index < -0.39 is 0 Å². The highest BCUT2D eigenvalue weighted by molar-refractivity contribution is 5.96. The largest absolute Gasteiger partial charge is 0.439 e. The molecule has 0 aliphatic rings. The average Bonchev–Trinajstić information content (AvgIpc) is 2.69. The number of carbonyl (C=O) groups is 2. The summed E-state index contributed by atoms with van der Waals surface area (Å²) in [6, 6.07) is 16.4. The maximum atomic E-state index is 12.4. The van der Waals surface area contributed by atoms with Crippen LogP contribution in [0.1, 0.15) is 34.0 Å². The predicted molar refractivity (Wildman–Crippen MR) is 112 cm³/mol. The molecule has 0 saturated heterocycles. The van der Waals surface area contributed by atoms with Crippen LogP contribution in [0.15, 0.2) is 60.8 Å². The number of aromatic nitrogens is 1.